The lowest BCUT2D eigenvalue weighted by Gasteiger charge is -2.22. The molecule has 1 aromatic carbocycles. The van der Waals surface area contributed by atoms with E-state index in [1.54, 1.807) is 21.9 Å². The molecule has 2 heterocycles. The minimum absolute atomic E-state index is 0.0827. The third kappa shape index (κ3) is 4.73. The number of urea groups is 1. The Morgan fingerprint density at radius 2 is 1.73 bits per heavy atom. The normalized spacial score (nSPS) is 14.7. The number of hydrogen-bond acceptors (Lipinski definition) is 3. The zero-order chi connectivity index (χ0) is 18.4. The first-order valence-electron chi connectivity index (χ1n) is 8.61. The number of carbonyl (C=O) groups is 2. The number of carbonyl (C=O) groups excluding carboxylic acids is 2. The third-order valence-corrected chi connectivity index (χ3v) is 4.55. The Labute approximate surface area is 157 Å². The molecule has 6 nitrogen and oxygen atoms in total. The summed E-state index contributed by atoms with van der Waals surface area (Å²) in [6, 6.07) is 13.0. The van der Waals surface area contributed by atoms with Gasteiger partial charge in [0.2, 0.25) is 0 Å². The maximum Gasteiger partial charge on any atom is 0.317 e. The number of nitrogens with zero attached hydrogens (tertiary/aromatic N) is 3. The number of hydrogen-bond donors (Lipinski definition) is 1. The van der Waals surface area contributed by atoms with Crippen molar-refractivity contribution in [1.82, 2.24) is 20.1 Å². The fourth-order valence-corrected chi connectivity index (χ4v) is 3.01. The van der Waals surface area contributed by atoms with Crippen LogP contribution in [0.5, 0.6) is 0 Å². The van der Waals surface area contributed by atoms with E-state index in [9.17, 15) is 9.59 Å². The molecule has 3 rings (SSSR count). The Balaban J connectivity index is 1.53. The van der Waals surface area contributed by atoms with Crippen LogP contribution >= 0.6 is 11.6 Å². The average Bonchev–Trinajstić information content (AvgIpc) is 2.93. The number of aromatic nitrogens is 1. The molecule has 0 aliphatic carbocycles. The molecule has 0 spiro atoms. The predicted octanol–water partition coefficient (Wildman–Crippen LogP) is 2.79. The van der Waals surface area contributed by atoms with E-state index in [0.29, 0.717) is 43.4 Å². The van der Waals surface area contributed by atoms with Crippen molar-refractivity contribution in [2.75, 3.05) is 26.2 Å². The molecule has 1 aliphatic rings. The van der Waals surface area contributed by atoms with E-state index in [1.165, 1.54) is 6.20 Å². The highest BCUT2D eigenvalue weighted by atomic mass is 35.5. The number of amides is 3. The number of pyridine rings is 1. The zero-order valence-electron chi connectivity index (χ0n) is 14.4. The summed E-state index contributed by atoms with van der Waals surface area (Å²) in [5.74, 6) is -0.0827. The lowest BCUT2D eigenvalue weighted by molar-refractivity contribution is 0.0762. The molecule has 0 atom stereocenters. The van der Waals surface area contributed by atoms with Crippen LogP contribution in [-0.4, -0.2) is 52.9 Å². The van der Waals surface area contributed by atoms with Crippen molar-refractivity contribution in [3.8, 4) is 0 Å². The molecule has 1 aromatic heterocycles. The van der Waals surface area contributed by atoms with Gasteiger partial charge in [0.15, 0.2) is 0 Å². The molecule has 2 aromatic rings. The molecule has 0 unspecified atom stereocenters. The molecule has 1 saturated heterocycles. The van der Waals surface area contributed by atoms with Crippen molar-refractivity contribution in [1.29, 1.82) is 0 Å². The van der Waals surface area contributed by atoms with Crippen LogP contribution in [0.4, 0.5) is 4.79 Å². The highest BCUT2D eigenvalue weighted by Gasteiger charge is 2.22. The third-order valence-electron chi connectivity index (χ3n) is 4.33. The van der Waals surface area contributed by atoms with Crippen LogP contribution in [0, 0.1) is 0 Å². The van der Waals surface area contributed by atoms with Gasteiger partial charge in [-0.15, -0.1) is 0 Å². The summed E-state index contributed by atoms with van der Waals surface area (Å²) in [7, 11) is 0. The molecular weight excluding hydrogens is 352 g/mol. The summed E-state index contributed by atoms with van der Waals surface area (Å²) >= 11 is 5.77. The molecule has 0 bridgehead atoms. The van der Waals surface area contributed by atoms with Gasteiger partial charge in [-0.05, 0) is 24.1 Å². The number of nitrogens with one attached hydrogen (secondary N) is 1. The lowest BCUT2D eigenvalue weighted by atomic mass is 10.2. The molecule has 3 amide bonds. The van der Waals surface area contributed by atoms with Crippen molar-refractivity contribution in [3.05, 3.63) is 64.9 Å². The second-order valence-electron chi connectivity index (χ2n) is 6.15. The molecule has 0 saturated carbocycles. The Morgan fingerprint density at radius 3 is 2.46 bits per heavy atom. The van der Waals surface area contributed by atoms with Crippen molar-refractivity contribution in [3.63, 3.8) is 0 Å². The van der Waals surface area contributed by atoms with Gasteiger partial charge < -0.3 is 15.1 Å². The summed E-state index contributed by atoms with van der Waals surface area (Å²) in [6.45, 7) is 2.75. The lowest BCUT2D eigenvalue weighted by Crippen LogP contribution is -2.42. The number of halogens is 1. The molecule has 1 fully saturated rings. The summed E-state index contributed by atoms with van der Waals surface area (Å²) in [5.41, 5.74) is 1.57. The van der Waals surface area contributed by atoms with Crippen LogP contribution in [-0.2, 0) is 6.54 Å². The zero-order valence-corrected chi connectivity index (χ0v) is 15.2. The molecule has 7 heteroatoms. The Kier molecular flexibility index (Phi) is 6.07. The second kappa shape index (κ2) is 8.67. The van der Waals surface area contributed by atoms with Crippen molar-refractivity contribution in [2.24, 2.45) is 0 Å². The van der Waals surface area contributed by atoms with Crippen molar-refractivity contribution >= 4 is 23.5 Å². The maximum absolute atomic E-state index is 12.6. The SMILES string of the molecule is O=C(NCc1ccccc1)N1CCCN(C(=O)c2ccc(Cl)nc2)CC1. The predicted molar refractivity (Wildman–Crippen MR) is 100 cm³/mol. The molecule has 0 radical (unpaired) electrons. The Morgan fingerprint density at radius 1 is 1.00 bits per heavy atom. The van der Waals surface area contributed by atoms with Crippen LogP contribution in [0.2, 0.25) is 5.15 Å². The Hall–Kier alpha value is -2.60. The minimum Gasteiger partial charge on any atom is -0.337 e. The molecular formula is C19H21ClN4O2. The van der Waals surface area contributed by atoms with E-state index in [2.05, 4.69) is 10.3 Å². The van der Waals surface area contributed by atoms with Gasteiger partial charge in [-0.2, -0.15) is 0 Å². The largest absolute Gasteiger partial charge is 0.337 e. The smallest absolute Gasteiger partial charge is 0.317 e. The summed E-state index contributed by atoms with van der Waals surface area (Å²) in [5, 5.41) is 3.30. The van der Waals surface area contributed by atoms with E-state index in [1.807, 2.05) is 30.3 Å². The first-order chi connectivity index (χ1) is 12.6. The minimum atomic E-state index is -0.101. The second-order valence-corrected chi connectivity index (χ2v) is 6.53. The fraction of sp³-hybridized carbons (Fsp3) is 0.316. The van der Waals surface area contributed by atoms with Crippen molar-refractivity contribution in [2.45, 2.75) is 13.0 Å². The van der Waals surface area contributed by atoms with Crippen LogP contribution in [0.3, 0.4) is 0 Å². The molecule has 26 heavy (non-hydrogen) atoms. The van der Waals surface area contributed by atoms with Crippen molar-refractivity contribution < 1.29 is 9.59 Å². The fourth-order valence-electron chi connectivity index (χ4n) is 2.89. The molecule has 1 aliphatic heterocycles. The van der Waals surface area contributed by atoms with Crippen LogP contribution in [0.15, 0.2) is 48.7 Å². The monoisotopic (exact) mass is 372 g/mol. The topological polar surface area (TPSA) is 65.5 Å². The van der Waals surface area contributed by atoms with E-state index in [-0.39, 0.29) is 11.9 Å². The van der Waals surface area contributed by atoms with Gasteiger partial charge in [0.05, 0.1) is 5.56 Å². The highest BCUT2D eigenvalue weighted by Crippen LogP contribution is 2.11. The van der Waals surface area contributed by atoms with E-state index in [4.69, 9.17) is 11.6 Å². The molecule has 136 valence electrons. The van der Waals surface area contributed by atoms with Crippen LogP contribution < -0.4 is 5.32 Å². The van der Waals surface area contributed by atoms with E-state index in [0.717, 1.165) is 12.0 Å². The summed E-state index contributed by atoms with van der Waals surface area (Å²) in [4.78, 5) is 32.4. The highest BCUT2D eigenvalue weighted by molar-refractivity contribution is 6.29. The van der Waals surface area contributed by atoms with Gasteiger partial charge >= 0.3 is 6.03 Å². The van der Waals surface area contributed by atoms with Gasteiger partial charge in [-0.1, -0.05) is 41.9 Å². The standard InChI is InChI=1S/C19H21ClN4O2/c20-17-8-7-16(14-21-17)18(25)23-9-4-10-24(12-11-23)19(26)22-13-15-5-2-1-3-6-15/h1-3,5-8,14H,4,9-13H2,(H,22,26). The average molecular weight is 373 g/mol. The van der Waals surface area contributed by atoms with Gasteiger partial charge in [0.25, 0.3) is 5.91 Å². The van der Waals surface area contributed by atoms with Gasteiger partial charge in [-0.3, -0.25) is 4.79 Å². The summed E-state index contributed by atoms with van der Waals surface area (Å²) < 4.78 is 0. The first kappa shape index (κ1) is 18.2. The van der Waals surface area contributed by atoms with Crippen LogP contribution in [0.1, 0.15) is 22.3 Å². The maximum atomic E-state index is 12.6. The Bertz CT molecular complexity index is 752. The van der Waals surface area contributed by atoms with E-state index >= 15 is 0 Å². The van der Waals surface area contributed by atoms with Gasteiger partial charge in [0, 0.05) is 38.9 Å². The van der Waals surface area contributed by atoms with Gasteiger partial charge in [-0.25, -0.2) is 9.78 Å². The van der Waals surface area contributed by atoms with E-state index < -0.39 is 0 Å². The number of rotatable bonds is 3. The van der Waals surface area contributed by atoms with Crippen LogP contribution in [0.25, 0.3) is 0 Å². The first-order valence-corrected chi connectivity index (χ1v) is 8.99. The number of benzene rings is 1. The summed E-state index contributed by atoms with van der Waals surface area (Å²) in [6.07, 6.45) is 2.23. The molecule has 1 N–H and O–H groups in total. The quantitative estimate of drug-likeness (QED) is 0.842. The van der Waals surface area contributed by atoms with Gasteiger partial charge in [0.1, 0.15) is 5.15 Å².